The molecular formula is C38H44F9NO5S2. The van der Waals surface area contributed by atoms with Gasteiger partial charge in [-0.05, 0) is 110 Å². The maximum absolute atomic E-state index is 13.2. The average molecular weight is 830 g/mol. The van der Waals surface area contributed by atoms with Crippen molar-refractivity contribution in [1.82, 2.24) is 4.90 Å². The number of hydrogen-bond acceptors (Lipinski definition) is 7. The minimum absolute atomic E-state index is 0.0400. The van der Waals surface area contributed by atoms with Gasteiger partial charge in [-0.2, -0.15) is 39.5 Å². The van der Waals surface area contributed by atoms with Gasteiger partial charge in [-0.3, -0.25) is 0 Å². The summed E-state index contributed by atoms with van der Waals surface area (Å²) in [5.41, 5.74) is -4.09. The Morgan fingerprint density at radius 1 is 0.836 bits per heavy atom. The minimum atomic E-state index is -6.75. The van der Waals surface area contributed by atoms with Gasteiger partial charge in [0, 0.05) is 24.2 Å². The van der Waals surface area contributed by atoms with Crippen LogP contribution in [-0.2, 0) is 15.9 Å². The van der Waals surface area contributed by atoms with E-state index in [0.29, 0.717) is 37.2 Å². The lowest BCUT2D eigenvalue weighted by Crippen LogP contribution is -2.67. The van der Waals surface area contributed by atoms with Crippen LogP contribution < -0.4 is 9.47 Å². The van der Waals surface area contributed by atoms with E-state index >= 15 is 0 Å². The van der Waals surface area contributed by atoms with E-state index in [2.05, 4.69) is 23.8 Å². The Kier molecular flexibility index (Phi) is 12.8. The van der Waals surface area contributed by atoms with Gasteiger partial charge in [-0.25, -0.2) is 4.79 Å². The molecule has 0 N–H and O–H groups in total. The number of alkyl halides is 9. The number of hydrogen-bond donors (Lipinski definition) is 0. The van der Waals surface area contributed by atoms with Crippen LogP contribution in [0.25, 0.3) is 0 Å². The largest absolute Gasteiger partial charge is 0.492 e. The fourth-order valence-electron chi connectivity index (χ4n) is 9.14. The predicted molar refractivity (Wildman–Crippen MR) is 190 cm³/mol. The highest BCUT2D eigenvalue weighted by Crippen LogP contribution is 2.62. The second-order valence-corrected chi connectivity index (χ2v) is 17.5. The van der Waals surface area contributed by atoms with Gasteiger partial charge >= 0.3 is 30.2 Å². The van der Waals surface area contributed by atoms with E-state index in [0.717, 1.165) is 55.8 Å². The van der Waals surface area contributed by atoms with Crippen LogP contribution >= 0.6 is 21.6 Å². The van der Waals surface area contributed by atoms with Gasteiger partial charge in [0.05, 0.1) is 19.3 Å². The zero-order valence-corrected chi connectivity index (χ0v) is 31.7. The Morgan fingerprint density at radius 3 is 2.24 bits per heavy atom. The van der Waals surface area contributed by atoms with Crippen molar-refractivity contribution >= 4 is 27.7 Å². The molecule has 1 saturated heterocycles. The molecule has 55 heavy (non-hydrogen) atoms. The summed E-state index contributed by atoms with van der Waals surface area (Å²) in [5.74, 6) is 3.86. The first-order valence-corrected chi connectivity index (χ1v) is 20.9. The highest BCUT2D eigenvalue weighted by molar-refractivity contribution is 8.76. The quantitative estimate of drug-likeness (QED) is 0.120. The molecule has 3 aliphatic carbocycles. The summed E-state index contributed by atoms with van der Waals surface area (Å²) in [6.45, 7) is 0.998. The van der Waals surface area contributed by atoms with Crippen LogP contribution in [0, 0.1) is 17.3 Å². The fraction of sp³-hybridized carbons (Fsp3) is 0.658. The number of rotatable bonds is 12. The molecular weight excluding hydrogens is 786 g/mol. The number of ether oxygens (including phenoxy) is 4. The van der Waals surface area contributed by atoms with Gasteiger partial charge in [0.1, 0.15) is 18.1 Å². The monoisotopic (exact) mass is 829 g/mol. The first-order valence-electron chi connectivity index (χ1n) is 18.5. The van der Waals surface area contributed by atoms with Gasteiger partial charge < -0.3 is 23.8 Å². The number of halogens is 9. The van der Waals surface area contributed by atoms with E-state index < -0.39 is 43.3 Å². The van der Waals surface area contributed by atoms with Crippen LogP contribution in [0.2, 0.25) is 0 Å². The van der Waals surface area contributed by atoms with Crippen LogP contribution in [0.5, 0.6) is 11.5 Å². The highest BCUT2D eigenvalue weighted by atomic mass is 33.1. The number of aryl methyl sites for hydroxylation is 1. The third-order valence-electron chi connectivity index (χ3n) is 11.8. The molecule has 0 spiro atoms. The summed E-state index contributed by atoms with van der Waals surface area (Å²) in [7, 11) is 3.54. The molecule has 6 rings (SSSR count). The number of fused-ring (bicyclic) bond motifs is 5. The molecule has 0 radical (unpaired) electrons. The minimum Gasteiger partial charge on any atom is -0.492 e. The van der Waals surface area contributed by atoms with Crippen molar-refractivity contribution < 1.29 is 63.3 Å². The first-order chi connectivity index (χ1) is 26.0. The van der Waals surface area contributed by atoms with Crippen LogP contribution in [-0.4, -0.2) is 85.1 Å². The van der Waals surface area contributed by atoms with Crippen LogP contribution in [0.4, 0.5) is 44.3 Å². The van der Waals surface area contributed by atoms with Crippen molar-refractivity contribution in [3.63, 3.8) is 0 Å². The van der Waals surface area contributed by atoms with Gasteiger partial charge in [0.25, 0.3) is 0 Å². The molecule has 306 valence electrons. The molecule has 3 fully saturated rings. The number of amides is 1. The Balaban J connectivity index is 1.02. The maximum Gasteiger partial charge on any atom is 0.435 e. The summed E-state index contributed by atoms with van der Waals surface area (Å²) < 4.78 is 140. The molecule has 2 aromatic carbocycles. The molecule has 4 aliphatic rings. The number of benzene rings is 2. The molecule has 1 aliphatic heterocycles. The lowest BCUT2D eigenvalue weighted by Gasteiger charge is -2.50. The Labute approximate surface area is 321 Å². The topological polar surface area (TPSA) is 57.2 Å². The van der Waals surface area contributed by atoms with E-state index in [-0.39, 0.29) is 30.1 Å². The van der Waals surface area contributed by atoms with Gasteiger partial charge in [0.15, 0.2) is 0 Å². The molecule has 0 aromatic heterocycles. The standard InChI is InChI=1S/C38H44F9NO5S2/c1-34-16-14-29-28-11-9-27(50-20-17-48(25-15-21-54-55-23-25)33(49)53-26-6-3-2-4-7-26)22-24(28)8-10-30(29)31(34)12-13-32(34)51-18-5-19-52-35(36(39,40)41,37(42,43)44)38(45,46)47/h2-4,6-7,9,11,22,25,29-32H,5,8,10,12-21,23H2,1H3/t25-,29+,30+,31-,32-,34-/m0/s1. The van der Waals surface area contributed by atoms with Crippen LogP contribution in [0.3, 0.4) is 0 Å². The smallest absolute Gasteiger partial charge is 0.435 e. The third-order valence-corrected chi connectivity index (χ3v) is 14.3. The van der Waals surface area contributed by atoms with E-state index in [1.165, 1.54) is 11.1 Å². The van der Waals surface area contributed by atoms with Gasteiger partial charge in [0.2, 0.25) is 0 Å². The summed E-state index contributed by atoms with van der Waals surface area (Å²) in [4.78, 5) is 15.0. The molecule has 17 heteroatoms. The molecule has 1 heterocycles. The van der Waals surface area contributed by atoms with Crippen LogP contribution in [0.1, 0.15) is 68.9 Å². The van der Waals surface area contributed by atoms with E-state index in [4.69, 9.17) is 14.2 Å². The average Bonchev–Trinajstić information content (AvgIpc) is 3.46. The third kappa shape index (κ3) is 8.69. The number of carbonyl (C=O) groups excluding carboxylic acids is 1. The lowest BCUT2D eigenvalue weighted by atomic mass is 9.55. The summed E-state index contributed by atoms with van der Waals surface area (Å²) in [6, 6.07) is 15.2. The molecule has 2 aromatic rings. The maximum atomic E-state index is 13.2. The Hall–Kier alpha value is -2.50. The molecule has 0 bridgehead atoms. The molecule has 6 atom stereocenters. The van der Waals surface area contributed by atoms with Crippen molar-refractivity contribution in [3.05, 3.63) is 59.7 Å². The number of carbonyl (C=O) groups is 1. The van der Waals surface area contributed by atoms with E-state index in [9.17, 15) is 44.3 Å². The Bertz CT molecular complexity index is 1570. The normalized spacial score (nSPS) is 27.1. The van der Waals surface area contributed by atoms with E-state index in [1.807, 2.05) is 24.3 Å². The predicted octanol–water partition coefficient (Wildman–Crippen LogP) is 10.8. The van der Waals surface area contributed by atoms with Gasteiger partial charge in [-0.15, -0.1) is 0 Å². The fourth-order valence-corrected chi connectivity index (χ4v) is 11.6. The molecule has 6 nitrogen and oxygen atoms in total. The Morgan fingerprint density at radius 2 is 1.56 bits per heavy atom. The van der Waals surface area contributed by atoms with Crippen molar-refractivity contribution in [1.29, 1.82) is 0 Å². The SMILES string of the molecule is C[C@]12CC[C@@H]3c4ccc(OCCN(C(=O)Oc5ccccc5)[C@H]5CCSSC5)cc4CC[C@H]3[C@@H]1CC[C@@H]2OCCCOC(C(F)(F)F)(C(F)(F)F)C(F)(F)F. The van der Waals surface area contributed by atoms with Crippen LogP contribution in [0.15, 0.2) is 48.5 Å². The van der Waals surface area contributed by atoms with Crippen molar-refractivity contribution in [2.75, 3.05) is 37.9 Å². The summed E-state index contributed by atoms with van der Waals surface area (Å²) >= 11 is 0. The number of para-hydroxylation sites is 1. The van der Waals surface area contributed by atoms with Crippen molar-refractivity contribution in [3.8, 4) is 11.5 Å². The molecule has 2 saturated carbocycles. The molecule has 0 unspecified atom stereocenters. The first kappa shape index (κ1) is 42.1. The number of nitrogens with zero attached hydrogens (tertiary/aromatic N) is 1. The zero-order chi connectivity index (χ0) is 39.6. The van der Waals surface area contributed by atoms with Gasteiger partial charge in [-0.1, -0.05) is 52.8 Å². The van der Waals surface area contributed by atoms with E-state index in [1.54, 1.807) is 38.6 Å². The van der Waals surface area contributed by atoms with Crippen molar-refractivity contribution in [2.24, 2.45) is 17.3 Å². The highest BCUT2D eigenvalue weighted by Gasteiger charge is 2.85. The summed E-state index contributed by atoms with van der Waals surface area (Å²) in [6.07, 6.45) is -15.8. The van der Waals surface area contributed by atoms with Crippen molar-refractivity contribution in [2.45, 2.75) is 100 Å². The molecule has 1 amide bonds. The second-order valence-electron chi connectivity index (χ2n) is 14.9. The summed E-state index contributed by atoms with van der Waals surface area (Å²) in [5, 5.41) is 0. The zero-order valence-electron chi connectivity index (χ0n) is 30.1. The lowest BCUT2D eigenvalue weighted by molar-refractivity contribution is -0.457. The second kappa shape index (κ2) is 16.8.